The Hall–Kier alpha value is -0.390. The molecule has 123 valence electrons. The summed E-state index contributed by atoms with van der Waals surface area (Å²) in [5.41, 5.74) is 2.73. The van der Waals surface area contributed by atoms with Crippen molar-refractivity contribution in [1.29, 1.82) is 0 Å². The van der Waals surface area contributed by atoms with E-state index in [0.29, 0.717) is 10.3 Å². The quantitative estimate of drug-likeness (QED) is 0.351. The van der Waals surface area contributed by atoms with Crippen molar-refractivity contribution < 1.29 is 22.4 Å². The van der Waals surface area contributed by atoms with Gasteiger partial charge in [-0.3, -0.25) is 0 Å². The first kappa shape index (κ1) is 19.7. The minimum Gasteiger partial charge on any atom is -0.0636 e. The van der Waals surface area contributed by atoms with Crippen molar-refractivity contribution in [1.82, 2.24) is 0 Å². The predicted octanol–water partition coefficient (Wildman–Crippen LogP) is 6.06. The van der Waals surface area contributed by atoms with Crippen LogP contribution in [0.25, 0.3) is 11.1 Å². The molecule has 0 heterocycles. The Bertz CT molecular complexity index is 577. The second-order valence-corrected chi connectivity index (χ2v) is 11.4. The van der Waals surface area contributed by atoms with E-state index in [4.69, 9.17) is 0 Å². The van der Waals surface area contributed by atoms with Gasteiger partial charge in [0, 0.05) is 22.4 Å². The Morgan fingerprint density at radius 3 is 1.59 bits per heavy atom. The Balaban J connectivity index is 0.00000242. The number of rotatable bonds is 2. The van der Waals surface area contributed by atoms with Crippen LogP contribution >= 0.6 is 7.92 Å². The summed E-state index contributed by atoms with van der Waals surface area (Å²) in [5.74, 6) is 0. The summed E-state index contributed by atoms with van der Waals surface area (Å²) < 4.78 is 0. The average Bonchev–Trinajstić information content (AvgIpc) is 2.37. The molecule has 1 radical (unpaired) electrons. The van der Waals surface area contributed by atoms with Crippen molar-refractivity contribution in [2.24, 2.45) is 0 Å². The molecule has 0 N–H and O–H groups in total. The van der Waals surface area contributed by atoms with E-state index in [9.17, 15) is 0 Å². The zero-order valence-corrected chi connectivity index (χ0v) is 17.5. The minimum absolute atomic E-state index is 0. The molecule has 0 aliphatic carbocycles. The van der Waals surface area contributed by atoms with Crippen LogP contribution in [-0.2, 0) is 22.4 Å². The number of hydrogen-bond donors (Lipinski definition) is 0. The molecule has 0 fully saturated rings. The Morgan fingerprint density at radius 1 is 0.636 bits per heavy atom. The molecular formula is C20H27AuP. The third kappa shape index (κ3) is 4.56. The first-order valence-corrected chi connectivity index (χ1v) is 9.00. The van der Waals surface area contributed by atoms with Gasteiger partial charge in [-0.25, -0.2) is 0 Å². The smallest absolute Gasteiger partial charge is 0 e. The molecule has 0 bridgehead atoms. The molecule has 0 unspecified atom stereocenters. The van der Waals surface area contributed by atoms with Crippen LogP contribution in [0.5, 0.6) is 0 Å². The molecule has 2 aromatic rings. The van der Waals surface area contributed by atoms with Crippen LogP contribution in [-0.4, -0.2) is 10.3 Å². The molecule has 0 saturated heterocycles. The van der Waals surface area contributed by atoms with Crippen molar-refractivity contribution in [2.45, 2.75) is 51.9 Å². The maximum atomic E-state index is 2.38. The largest absolute Gasteiger partial charge is 0.0636 e. The standard InChI is InChI=1S/C20H27P.Au/c1-19(2,3)21(20(4,5)6)18-15-11-10-14-17(18)16-12-8-7-9-13-16;/h7-15H,1-6H3;. The van der Waals surface area contributed by atoms with Crippen molar-refractivity contribution in [2.75, 3.05) is 0 Å². The van der Waals surface area contributed by atoms with Crippen LogP contribution < -0.4 is 5.30 Å². The molecule has 0 nitrogen and oxygen atoms in total. The van der Waals surface area contributed by atoms with Crippen LogP contribution in [0.3, 0.4) is 0 Å². The molecule has 0 aliphatic heterocycles. The van der Waals surface area contributed by atoms with Crippen molar-refractivity contribution in [3.05, 3.63) is 54.6 Å². The fourth-order valence-corrected chi connectivity index (χ4v) is 7.40. The van der Waals surface area contributed by atoms with Gasteiger partial charge < -0.3 is 0 Å². The Kier molecular flexibility index (Phi) is 6.66. The van der Waals surface area contributed by atoms with E-state index in [1.165, 1.54) is 16.4 Å². The fourth-order valence-electron chi connectivity index (χ4n) is 3.26. The van der Waals surface area contributed by atoms with E-state index in [0.717, 1.165) is 0 Å². The second kappa shape index (κ2) is 7.45. The maximum Gasteiger partial charge on any atom is 0 e. The monoisotopic (exact) mass is 495 g/mol. The van der Waals surface area contributed by atoms with E-state index in [1.807, 2.05) is 0 Å². The van der Waals surface area contributed by atoms with Gasteiger partial charge >= 0.3 is 0 Å². The normalized spacial score (nSPS) is 12.1. The van der Waals surface area contributed by atoms with Gasteiger partial charge in [0.05, 0.1) is 0 Å². The average molecular weight is 495 g/mol. The molecule has 0 atom stereocenters. The zero-order chi connectivity index (χ0) is 15.7. The molecular weight excluding hydrogens is 468 g/mol. The number of benzene rings is 2. The topological polar surface area (TPSA) is 0 Å². The van der Waals surface area contributed by atoms with E-state index in [1.54, 1.807) is 0 Å². The molecule has 0 spiro atoms. The van der Waals surface area contributed by atoms with Crippen LogP contribution in [0.4, 0.5) is 0 Å². The third-order valence-electron chi connectivity index (χ3n) is 3.57. The van der Waals surface area contributed by atoms with Gasteiger partial charge in [0.15, 0.2) is 0 Å². The summed E-state index contributed by atoms with van der Waals surface area (Å²) >= 11 is 0. The molecule has 0 saturated carbocycles. The summed E-state index contributed by atoms with van der Waals surface area (Å²) in [6.07, 6.45) is 0. The van der Waals surface area contributed by atoms with Gasteiger partial charge in [-0.2, -0.15) is 0 Å². The molecule has 2 aromatic carbocycles. The van der Waals surface area contributed by atoms with Crippen molar-refractivity contribution in [3.63, 3.8) is 0 Å². The summed E-state index contributed by atoms with van der Waals surface area (Å²) in [6.45, 7) is 14.3. The van der Waals surface area contributed by atoms with Gasteiger partial charge in [0.1, 0.15) is 0 Å². The van der Waals surface area contributed by atoms with Gasteiger partial charge in [0.25, 0.3) is 0 Å². The minimum atomic E-state index is -0.282. The second-order valence-electron chi connectivity index (χ2n) is 7.56. The van der Waals surface area contributed by atoms with E-state index < -0.39 is 0 Å². The van der Waals surface area contributed by atoms with Crippen molar-refractivity contribution >= 4 is 13.2 Å². The maximum absolute atomic E-state index is 2.38. The molecule has 2 heteroatoms. The zero-order valence-electron chi connectivity index (χ0n) is 14.4. The van der Waals surface area contributed by atoms with Gasteiger partial charge in [-0.15, -0.1) is 0 Å². The summed E-state index contributed by atoms with van der Waals surface area (Å²) in [4.78, 5) is 0. The van der Waals surface area contributed by atoms with E-state index in [-0.39, 0.29) is 30.3 Å². The van der Waals surface area contributed by atoms with Gasteiger partial charge in [0.2, 0.25) is 0 Å². The molecule has 0 aromatic heterocycles. The molecule has 2 rings (SSSR count). The molecule has 22 heavy (non-hydrogen) atoms. The molecule has 0 aliphatic rings. The SMILES string of the molecule is CC(C)(C)P(c1ccccc1-c1ccccc1)C(C)(C)C.[Au]. The Labute approximate surface area is 153 Å². The third-order valence-corrected chi connectivity index (χ3v) is 7.13. The van der Waals surface area contributed by atoms with E-state index in [2.05, 4.69) is 96.1 Å². The van der Waals surface area contributed by atoms with Crippen LogP contribution in [0, 0.1) is 0 Å². The van der Waals surface area contributed by atoms with Crippen LogP contribution in [0.15, 0.2) is 54.6 Å². The summed E-state index contributed by atoms with van der Waals surface area (Å²) in [7, 11) is -0.282. The first-order valence-electron chi connectivity index (χ1n) is 7.66. The molecule has 0 amide bonds. The van der Waals surface area contributed by atoms with Crippen molar-refractivity contribution in [3.8, 4) is 11.1 Å². The predicted molar refractivity (Wildman–Crippen MR) is 97.9 cm³/mol. The summed E-state index contributed by atoms with van der Waals surface area (Å²) in [6, 6.07) is 19.7. The summed E-state index contributed by atoms with van der Waals surface area (Å²) in [5, 5.41) is 2.11. The van der Waals surface area contributed by atoms with Crippen LogP contribution in [0.1, 0.15) is 41.5 Å². The van der Waals surface area contributed by atoms with E-state index >= 15 is 0 Å². The number of hydrogen-bond acceptors (Lipinski definition) is 0. The van der Waals surface area contributed by atoms with Crippen LogP contribution in [0.2, 0.25) is 0 Å². The Morgan fingerprint density at radius 2 is 1.09 bits per heavy atom. The van der Waals surface area contributed by atoms with Gasteiger partial charge in [-0.1, -0.05) is 104 Å². The fraction of sp³-hybridized carbons (Fsp3) is 0.400. The van der Waals surface area contributed by atoms with Gasteiger partial charge in [-0.05, 0) is 26.7 Å². The first-order chi connectivity index (χ1) is 9.71.